The van der Waals surface area contributed by atoms with Gasteiger partial charge in [-0.15, -0.1) is 10.2 Å². The second-order valence-electron chi connectivity index (χ2n) is 7.68. The SMILES string of the molecule is CS(=O)(=O)CNc1ccc2c(O)c(N=Nc3ccccc3)c([S-](=O)=O)cc2c1N=Nc1ccccc1.[Mo]. The number of hydrogen-bond acceptors (Lipinski definition) is 11. The minimum Gasteiger partial charge on any atom is -0.505 e. The summed E-state index contributed by atoms with van der Waals surface area (Å²) in [5, 5.41) is 30.7. The molecule has 0 aliphatic heterocycles. The molecule has 4 aromatic carbocycles. The molecule has 0 aliphatic rings. The van der Waals surface area contributed by atoms with Gasteiger partial charge >= 0.3 is 0 Å². The molecule has 0 saturated carbocycles. The van der Waals surface area contributed by atoms with Crippen LogP contribution in [0.1, 0.15) is 0 Å². The molecular formula is C24H20MoN5O5S2-. The van der Waals surface area contributed by atoms with Crippen LogP contribution in [0, 0.1) is 0 Å². The van der Waals surface area contributed by atoms with Gasteiger partial charge in [-0.3, -0.25) is 0 Å². The monoisotopic (exact) mass is 620 g/mol. The molecule has 0 atom stereocenters. The van der Waals surface area contributed by atoms with Gasteiger partial charge in [0.15, 0.2) is 9.84 Å². The van der Waals surface area contributed by atoms with Crippen LogP contribution in [0.15, 0.2) is 104 Å². The van der Waals surface area contributed by atoms with Crippen molar-refractivity contribution < 1.29 is 43.0 Å². The first-order valence-corrected chi connectivity index (χ1v) is 13.6. The third-order valence-corrected chi connectivity index (χ3v) is 6.29. The summed E-state index contributed by atoms with van der Waals surface area (Å²) in [6, 6.07) is 21.8. The number of hydrogen-bond donors (Lipinski definition) is 2. The van der Waals surface area contributed by atoms with Crippen molar-refractivity contribution in [2.24, 2.45) is 20.5 Å². The van der Waals surface area contributed by atoms with Crippen molar-refractivity contribution in [2.45, 2.75) is 4.90 Å². The van der Waals surface area contributed by atoms with Gasteiger partial charge in [0.2, 0.25) is 0 Å². The zero-order valence-corrected chi connectivity index (χ0v) is 22.9. The van der Waals surface area contributed by atoms with Gasteiger partial charge in [-0.2, -0.15) is 10.2 Å². The molecule has 4 rings (SSSR count). The van der Waals surface area contributed by atoms with Gasteiger partial charge in [-0.25, -0.2) is 8.42 Å². The Labute approximate surface area is 229 Å². The zero-order chi connectivity index (χ0) is 25.7. The largest absolute Gasteiger partial charge is 0.505 e. The molecule has 0 amide bonds. The van der Waals surface area contributed by atoms with Crippen molar-refractivity contribution in [3.8, 4) is 5.75 Å². The minimum absolute atomic E-state index is 0. The molecule has 13 heteroatoms. The van der Waals surface area contributed by atoms with Crippen LogP contribution in [-0.4, -0.2) is 25.7 Å². The average molecular weight is 619 g/mol. The Balaban J connectivity index is 0.00000380. The fourth-order valence-corrected chi connectivity index (χ4v) is 4.22. The van der Waals surface area contributed by atoms with Crippen LogP contribution in [-0.2, 0) is 50.0 Å². The molecule has 190 valence electrons. The fourth-order valence-electron chi connectivity index (χ4n) is 3.29. The van der Waals surface area contributed by atoms with Crippen molar-refractivity contribution in [2.75, 3.05) is 17.4 Å². The number of sulfone groups is 1. The molecule has 0 unspecified atom stereocenters. The molecule has 0 saturated heterocycles. The molecule has 0 aliphatic carbocycles. The minimum atomic E-state index is -3.39. The maximum atomic E-state index is 12.1. The van der Waals surface area contributed by atoms with Crippen LogP contribution < -0.4 is 5.32 Å². The van der Waals surface area contributed by atoms with Gasteiger partial charge in [0.05, 0.1) is 17.1 Å². The first-order chi connectivity index (χ1) is 17.2. The number of rotatable bonds is 8. The predicted octanol–water partition coefficient (Wildman–Crippen LogP) is 6.46. The molecule has 10 nitrogen and oxygen atoms in total. The Bertz CT molecular complexity index is 1650. The van der Waals surface area contributed by atoms with E-state index in [0.717, 1.165) is 6.26 Å². The number of phenolic OH excluding ortho intramolecular Hbond substituents is 1. The number of nitrogens with zero attached hydrogens (tertiary/aromatic N) is 4. The van der Waals surface area contributed by atoms with Crippen LogP contribution in [0.25, 0.3) is 10.8 Å². The van der Waals surface area contributed by atoms with E-state index < -0.39 is 26.3 Å². The number of phenols is 1. The van der Waals surface area contributed by atoms with Crippen molar-refractivity contribution >= 4 is 59.8 Å². The standard InChI is InChI=1S/C24H20N5O5S2.Mo/c1-36(33,34)15-25-20-13-12-18-19(22(20)28-26-16-8-4-2-5-9-16)14-21(35(31)32)23(24(18)30)29-27-17-10-6-3-7-11-17;/h2-14,25,30H,15H2,1H3;/q-1;. The Morgan fingerprint density at radius 2 is 1.32 bits per heavy atom. The van der Waals surface area contributed by atoms with Gasteiger partial charge in [0.25, 0.3) is 0 Å². The summed E-state index contributed by atoms with van der Waals surface area (Å²) < 4.78 is 47.7. The Hall–Kier alpha value is -3.47. The summed E-state index contributed by atoms with van der Waals surface area (Å²) in [7, 11) is -6.18. The second-order valence-corrected chi connectivity index (χ2v) is 10.7. The van der Waals surface area contributed by atoms with Crippen LogP contribution >= 0.6 is 0 Å². The van der Waals surface area contributed by atoms with Gasteiger partial charge in [0.1, 0.15) is 23.0 Å². The molecule has 37 heavy (non-hydrogen) atoms. The third-order valence-electron chi connectivity index (χ3n) is 4.95. The number of benzene rings is 4. The predicted molar refractivity (Wildman–Crippen MR) is 137 cm³/mol. The molecule has 0 fully saturated rings. The summed E-state index contributed by atoms with van der Waals surface area (Å²) >= 11 is 0. The number of azo groups is 2. The number of aromatic hydroxyl groups is 1. The van der Waals surface area contributed by atoms with Crippen LogP contribution in [0.4, 0.5) is 28.4 Å². The van der Waals surface area contributed by atoms with Crippen LogP contribution in [0.2, 0.25) is 0 Å². The maximum absolute atomic E-state index is 12.1. The van der Waals surface area contributed by atoms with E-state index in [1.807, 2.05) is 6.07 Å². The molecular weight excluding hydrogens is 598 g/mol. The quantitative estimate of drug-likeness (QED) is 0.132. The number of anilines is 1. The molecule has 0 bridgehead atoms. The summed E-state index contributed by atoms with van der Waals surface area (Å²) in [5.74, 6) is -0.806. The smallest absolute Gasteiger partial charge is 0.165 e. The molecule has 0 aromatic heterocycles. The molecule has 0 radical (unpaired) electrons. The first-order valence-electron chi connectivity index (χ1n) is 10.5. The summed E-state index contributed by atoms with van der Waals surface area (Å²) in [4.78, 5) is -0.309. The molecule has 0 spiro atoms. The molecule has 4 aromatic rings. The Kier molecular flexibility index (Phi) is 9.25. The summed E-state index contributed by atoms with van der Waals surface area (Å²) in [6.45, 7) is 0. The fraction of sp³-hybridized carbons (Fsp3) is 0.0833. The molecule has 2 N–H and O–H groups in total. The van der Waals surface area contributed by atoms with E-state index in [2.05, 4.69) is 25.8 Å². The van der Waals surface area contributed by atoms with Crippen LogP contribution in [0.5, 0.6) is 5.75 Å². The van der Waals surface area contributed by atoms with Gasteiger partial charge < -0.3 is 18.8 Å². The first kappa shape index (κ1) is 28.1. The van der Waals surface area contributed by atoms with E-state index in [4.69, 9.17) is 0 Å². The number of fused-ring (bicyclic) bond motifs is 1. The van der Waals surface area contributed by atoms with Crippen LogP contribution in [0.3, 0.4) is 0 Å². The van der Waals surface area contributed by atoms with Crippen molar-refractivity contribution in [1.82, 2.24) is 0 Å². The van der Waals surface area contributed by atoms with Crippen molar-refractivity contribution in [3.05, 3.63) is 78.9 Å². The summed E-state index contributed by atoms with van der Waals surface area (Å²) in [5.41, 5.74) is 1.19. The topological polar surface area (TPSA) is 150 Å². The third kappa shape index (κ3) is 7.06. The van der Waals surface area contributed by atoms with E-state index in [-0.39, 0.29) is 59.7 Å². The normalized spacial score (nSPS) is 11.8. The zero-order valence-electron chi connectivity index (χ0n) is 19.3. The Morgan fingerprint density at radius 1 is 0.784 bits per heavy atom. The van der Waals surface area contributed by atoms with Gasteiger partial charge in [-0.05, 0) is 52.0 Å². The maximum Gasteiger partial charge on any atom is 0.165 e. The van der Waals surface area contributed by atoms with E-state index in [9.17, 15) is 21.9 Å². The second kappa shape index (κ2) is 12.2. The Morgan fingerprint density at radius 3 is 1.84 bits per heavy atom. The van der Waals surface area contributed by atoms with Crippen molar-refractivity contribution in [1.29, 1.82) is 0 Å². The van der Waals surface area contributed by atoms with E-state index in [1.54, 1.807) is 54.6 Å². The van der Waals surface area contributed by atoms with Crippen molar-refractivity contribution in [3.63, 3.8) is 0 Å². The van der Waals surface area contributed by atoms with E-state index in [0.29, 0.717) is 11.4 Å². The number of nitrogens with one attached hydrogen (secondary N) is 1. The van der Waals surface area contributed by atoms with E-state index >= 15 is 0 Å². The molecule has 0 heterocycles. The summed E-state index contributed by atoms with van der Waals surface area (Å²) in [6.07, 6.45) is 1.07. The van der Waals surface area contributed by atoms with E-state index in [1.165, 1.54) is 18.2 Å². The van der Waals surface area contributed by atoms with Gasteiger partial charge in [-0.1, -0.05) is 42.5 Å². The average Bonchev–Trinajstić information content (AvgIpc) is 2.86. The van der Waals surface area contributed by atoms with Gasteiger partial charge in [0, 0.05) is 38.1 Å².